The van der Waals surface area contributed by atoms with Gasteiger partial charge in [0, 0.05) is 79.1 Å². The molecular weight excluding hydrogens is 1230 g/mol. The van der Waals surface area contributed by atoms with Gasteiger partial charge in [-0.3, -0.25) is 28.8 Å². The second-order valence-electron chi connectivity index (χ2n) is 22.5. The summed E-state index contributed by atoms with van der Waals surface area (Å²) in [5, 5.41) is 107. The van der Waals surface area contributed by atoms with Crippen molar-refractivity contribution in [2.45, 2.75) is 169 Å². The van der Waals surface area contributed by atoms with Crippen molar-refractivity contribution in [2.75, 3.05) is 152 Å². The van der Waals surface area contributed by atoms with Crippen molar-refractivity contribution in [1.82, 2.24) is 31.9 Å². The first-order valence-electron chi connectivity index (χ1n) is 31.3. The third-order valence-electron chi connectivity index (χ3n) is 14.7. The Hall–Kier alpha value is -4.48. The number of carbonyl (C=O) groups excluding carboxylic acids is 6. The molecule has 0 aromatic rings. The number of amides is 6. The molecule has 17 N–H and O–H groups in total. The monoisotopic (exact) mass is 1330 g/mol. The van der Waals surface area contributed by atoms with E-state index < -0.39 is 140 Å². The molecule has 3 aliphatic rings. The predicted molar refractivity (Wildman–Crippen MR) is 321 cm³/mol. The zero-order valence-corrected chi connectivity index (χ0v) is 53.2. The van der Waals surface area contributed by atoms with E-state index in [0.29, 0.717) is 58.3 Å². The molecule has 0 radical (unpaired) electrons. The number of carbonyl (C=O) groups is 6. The lowest BCUT2D eigenvalue weighted by Crippen LogP contribution is -2.63. The Labute approximate surface area is 536 Å². The van der Waals surface area contributed by atoms with Crippen LogP contribution in [-0.4, -0.2) is 330 Å². The van der Waals surface area contributed by atoms with Crippen molar-refractivity contribution in [2.24, 2.45) is 5.73 Å². The molecule has 0 aliphatic carbocycles. The number of nitrogens with one attached hydrogen (secondary N) is 6. The smallest absolute Gasteiger partial charge is 0.247 e. The standard InChI is InChI=1S/C58H105N7O27/c1-37(69)63-49-40(90-43(31-66)52(75)55(49)78)7-4-16-81-25-28-84-22-13-60-46(72)10-19-87-34-58(59,35-88-20-11-47(73)61-14-23-85-29-26-82-17-5-8-41-50(64-38(2)70)56(79)53(76)44(32-67)91-41)36-89-21-12-48(74)62-15-24-86-30-27-83-18-6-9-42-51(65-39(3)71)57(80)54(77)45(33-68)92-42/h10,19,40-45,49-57,66-68,75-80H,4-9,11-18,20-36,59H2,1-3H3,(H,60,72)(H,61,73)(H,62,74)(H,63,69)(H,64,70)(H,65,71)/t40-,41-,42-,43-,44-,45-,49+,50+,51+,52-,53+,54+,55-,56-,57-/m1/s1. The topological polar surface area (TPSA) is 493 Å². The summed E-state index contributed by atoms with van der Waals surface area (Å²) in [7, 11) is 0. The average molecular weight is 1330 g/mol. The minimum Gasteiger partial charge on any atom is -0.499 e. The van der Waals surface area contributed by atoms with Crippen LogP contribution in [0, 0.1) is 0 Å². The van der Waals surface area contributed by atoms with Crippen molar-refractivity contribution in [3.8, 4) is 0 Å². The largest absolute Gasteiger partial charge is 0.499 e. The van der Waals surface area contributed by atoms with E-state index in [0.717, 1.165) is 12.3 Å². The normalized spacial score (nSPS) is 27.2. The summed E-state index contributed by atoms with van der Waals surface area (Å²) in [6.07, 6.45) is -8.09. The van der Waals surface area contributed by atoms with E-state index in [9.17, 15) is 74.7 Å². The summed E-state index contributed by atoms with van der Waals surface area (Å²) in [6.45, 7) is 5.38. The molecule has 92 heavy (non-hydrogen) atoms. The molecule has 34 heteroatoms. The highest BCUT2D eigenvalue weighted by atomic mass is 16.6. The first-order chi connectivity index (χ1) is 44.1. The highest BCUT2D eigenvalue weighted by Crippen LogP contribution is 2.27. The van der Waals surface area contributed by atoms with Gasteiger partial charge in [0.05, 0.1) is 154 Å². The molecule has 3 fully saturated rings. The van der Waals surface area contributed by atoms with Gasteiger partial charge in [0.15, 0.2) is 0 Å². The number of nitrogens with two attached hydrogens (primary N) is 1. The highest BCUT2D eigenvalue weighted by molar-refractivity contribution is 5.87. The first kappa shape index (κ1) is 81.8. The second kappa shape index (κ2) is 47.4. The fourth-order valence-corrected chi connectivity index (χ4v) is 10.0. The summed E-state index contributed by atoms with van der Waals surface area (Å²) >= 11 is 0. The van der Waals surface area contributed by atoms with Crippen LogP contribution in [0.2, 0.25) is 0 Å². The third kappa shape index (κ3) is 32.8. The molecule has 0 aromatic heterocycles. The number of hydrogen-bond acceptors (Lipinski definition) is 28. The molecular formula is C58H105N7O27. The van der Waals surface area contributed by atoms with Gasteiger partial charge in [-0.1, -0.05) is 0 Å². The Bertz CT molecular complexity index is 2010. The van der Waals surface area contributed by atoms with Crippen LogP contribution >= 0.6 is 0 Å². The fourth-order valence-electron chi connectivity index (χ4n) is 10.0. The van der Waals surface area contributed by atoms with Crippen molar-refractivity contribution in [3.05, 3.63) is 12.3 Å². The van der Waals surface area contributed by atoms with Gasteiger partial charge in [0.1, 0.15) is 61.5 Å². The van der Waals surface area contributed by atoms with Crippen molar-refractivity contribution in [1.29, 1.82) is 0 Å². The van der Waals surface area contributed by atoms with Crippen molar-refractivity contribution >= 4 is 35.4 Å². The van der Waals surface area contributed by atoms with Gasteiger partial charge >= 0.3 is 0 Å². The van der Waals surface area contributed by atoms with E-state index in [1.165, 1.54) is 20.8 Å². The van der Waals surface area contributed by atoms with Gasteiger partial charge < -0.3 is 140 Å². The summed E-state index contributed by atoms with van der Waals surface area (Å²) in [4.78, 5) is 72.7. The quantitative estimate of drug-likeness (QED) is 0.0153. The summed E-state index contributed by atoms with van der Waals surface area (Å²) in [6, 6.07) is -2.57. The molecule has 0 aromatic carbocycles. The molecule has 3 heterocycles. The number of hydrogen-bond donors (Lipinski definition) is 16. The predicted octanol–water partition coefficient (Wildman–Crippen LogP) is -7.23. The van der Waals surface area contributed by atoms with Crippen LogP contribution in [0.5, 0.6) is 0 Å². The number of ether oxygens (including phenoxy) is 12. The maximum Gasteiger partial charge on any atom is 0.247 e. The minimum absolute atomic E-state index is 0.0202. The van der Waals surface area contributed by atoms with Gasteiger partial charge in [0.2, 0.25) is 35.4 Å². The van der Waals surface area contributed by atoms with E-state index in [1.54, 1.807) is 0 Å². The molecule has 0 spiro atoms. The second-order valence-corrected chi connectivity index (χ2v) is 22.5. The Kier molecular flexibility index (Phi) is 42.1. The van der Waals surface area contributed by atoms with Gasteiger partial charge in [-0.15, -0.1) is 0 Å². The first-order valence-corrected chi connectivity index (χ1v) is 31.3. The summed E-state index contributed by atoms with van der Waals surface area (Å²) in [5.74, 6) is -2.33. The van der Waals surface area contributed by atoms with Crippen molar-refractivity contribution < 1.29 is 132 Å². The maximum absolute atomic E-state index is 12.6. The number of aliphatic hydroxyl groups is 9. The Morgan fingerprint density at radius 3 is 1.04 bits per heavy atom. The molecule has 0 saturated carbocycles. The molecule has 0 unspecified atom stereocenters. The Morgan fingerprint density at radius 2 is 0.728 bits per heavy atom. The fraction of sp³-hybridized carbons (Fsp3) is 0.862. The highest BCUT2D eigenvalue weighted by Gasteiger charge is 2.47. The van der Waals surface area contributed by atoms with E-state index >= 15 is 0 Å². The molecule has 3 saturated heterocycles. The number of rotatable bonds is 50. The molecule has 534 valence electrons. The van der Waals surface area contributed by atoms with Gasteiger partial charge in [-0.05, 0) is 38.5 Å². The third-order valence-corrected chi connectivity index (χ3v) is 14.7. The molecule has 6 amide bonds. The minimum atomic E-state index is -1.36. The molecule has 0 bridgehead atoms. The lowest BCUT2D eigenvalue weighted by atomic mass is 9.90. The van der Waals surface area contributed by atoms with Gasteiger partial charge in [0.25, 0.3) is 0 Å². The SMILES string of the molecule is CC(=O)N[C@@H]1[C@@H](O)[C@@H](O)[C@@H](CO)O[C@@H]1CCCOCCOCCNC(=O)CCOCC(N)(COC=CC(=O)NCCOCCOCCC[C@H]1O[C@H](CO)[C@@H](O)[C@H](O)[C@H]1NC(C)=O)COCCC(=O)NCCOCCOCCC[C@H]1O[C@H](CO)[C@H](O)[C@H](O)[C@H]1NC(C)=O. The van der Waals surface area contributed by atoms with Crippen LogP contribution in [0.25, 0.3) is 0 Å². The Morgan fingerprint density at radius 1 is 0.413 bits per heavy atom. The zero-order chi connectivity index (χ0) is 67.7. The van der Waals surface area contributed by atoms with Crippen LogP contribution in [0.4, 0.5) is 0 Å². The van der Waals surface area contributed by atoms with Crippen LogP contribution in [-0.2, 0) is 85.6 Å². The van der Waals surface area contributed by atoms with Crippen LogP contribution in [0.15, 0.2) is 12.3 Å². The maximum atomic E-state index is 12.6. The van der Waals surface area contributed by atoms with Crippen LogP contribution < -0.4 is 37.6 Å². The lowest BCUT2D eigenvalue weighted by Gasteiger charge is -2.42. The van der Waals surface area contributed by atoms with E-state index in [1.807, 2.05) is 0 Å². The van der Waals surface area contributed by atoms with Crippen LogP contribution in [0.3, 0.4) is 0 Å². The average Bonchev–Trinajstić information content (AvgIpc) is 0.945. The molecule has 3 rings (SSSR count). The zero-order valence-electron chi connectivity index (χ0n) is 53.2. The van der Waals surface area contributed by atoms with Gasteiger partial charge in [-0.2, -0.15) is 0 Å². The summed E-state index contributed by atoms with van der Waals surface area (Å²) < 4.78 is 67.8. The van der Waals surface area contributed by atoms with Gasteiger partial charge in [-0.25, -0.2) is 0 Å². The van der Waals surface area contributed by atoms with E-state index in [4.69, 9.17) is 62.6 Å². The lowest BCUT2D eigenvalue weighted by molar-refractivity contribution is -0.197. The number of aliphatic hydroxyl groups excluding tert-OH is 9. The molecule has 34 nitrogen and oxygen atoms in total. The molecule has 15 atom stereocenters. The van der Waals surface area contributed by atoms with E-state index in [-0.39, 0.29) is 137 Å². The van der Waals surface area contributed by atoms with Crippen LogP contribution in [0.1, 0.15) is 72.1 Å². The summed E-state index contributed by atoms with van der Waals surface area (Å²) in [5.41, 5.74) is 5.34. The van der Waals surface area contributed by atoms with Crippen molar-refractivity contribution in [3.63, 3.8) is 0 Å². The Balaban J connectivity index is 1.33. The van der Waals surface area contributed by atoms with E-state index in [2.05, 4.69) is 31.9 Å². The molecule has 3 aliphatic heterocycles.